The highest BCUT2D eigenvalue weighted by atomic mass is 16.5. The number of aryl methyl sites for hydroxylation is 2. The molecular weight excluding hydrogens is 961 g/mol. The molecule has 9 aromatic carbocycles. The summed E-state index contributed by atoms with van der Waals surface area (Å²) in [6.07, 6.45) is 0.880. The number of amides is 4. The zero-order chi connectivity index (χ0) is 53.3. The summed E-state index contributed by atoms with van der Waals surface area (Å²) < 4.78 is 10.9. The van der Waals surface area contributed by atoms with Crippen molar-refractivity contribution in [2.24, 2.45) is 20.5 Å². The first-order valence-electron chi connectivity index (χ1n) is 24.2. The number of carbonyl (C=O) groups excluding carboxylic acids is 4. The highest BCUT2D eigenvalue weighted by Crippen LogP contribution is 2.42. The van der Waals surface area contributed by atoms with Crippen molar-refractivity contribution < 1.29 is 38.9 Å². The number of nitrogens with zero attached hydrogens (tertiary/aromatic N) is 4. The normalized spacial score (nSPS) is 11.2. The lowest BCUT2D eigenvalue weighted by atomic mass is 9.99. The zero-order valence-electron chi connectivity index (χ0n) is 41.7. The van der Waals surface area contributed by atoms with E-state index in [1.54, 1.807) is 146 Å². The minimum atomic E-state index is -0.631. The van der Waals surface area contributed by atoms with E-state index in [1.165, 1.54) is 26.4 Å². The summed E-state index contributed by atoms with van der Waals surface area (Å²) >= 11 is 0. The molecule has 0 aliphatic carbocycles. The molecule has 0 atom stereocenters. The predicted molar refractivity (Wildman–Crippen MR) is 295 cm³/mol. The summed E-state index contributed by atoms with van der Waals surface area (Å²) in [7, 11) is 2.92. The molecule has 0 saturated heterocycles. The van der Waals surface area contributed by atoms with E-state index in [0.717, 1.165) is 0 Å². The topological polar surface area (TPSA) is 225 Å². The number of phenolic OH excluding ortho intramolecular Hbond substituents is 2. The summed E-state index contributed by atoms with van der Waals surface area (Å²) in [6.45, 7) is 3.82. The molecule has 4 amide bonds. The number of hydrogen-bond donors (Lipinski definition) is 6. The van der Waals surface area contributed by atoms with E-state index >= 15 is 0 Å². The van der Waals surface area contributed by atoms with Crippen molar-refractivity contribution in [1.29, 1.82) is 0 Å². The molecule has 0 aromatic heterocycles. The van der Waals surface area contributed by atoms with Gasteiger partial charge in [-0.3, -0.25) is 19.2 Å². The molecule has 76 heavy (non-hydrogen) atoms. The van der Waals surface area contributed by atoms with Crippen molar-refractivity contribution in [2.75, 3.05) is 35.5 Å². The minimum absolute atomic E-state index is 0.0379. The highest BCUT2D eigenvalue weighted by Gasteiger charge is 2.24. The third kappa shape index (κ3) is 10.9. The van der Waals surface area contributed by atoms with Gasteiger partial charge >= 0.3 is 0 Å². The summed E-state index contributed by atoms with van der Waals surface area (Å²) in [5.41, 5.74) is 4.41. The Labute approximate surface area is 436 Å². The van der Waals surface area contributed by atoms with Gasteiger partial charge in [0, 0.05) is 33.5 Å². The fraction of sp³-hybridized carbons (Fsp3) is 0.100. The summed E-state index contributed by atoms with van der Waals surface area (Å²) in [6, 6.07) is 48.3. The van der Waals surface area contributed by atoms with Gasteiger partial charge in [-0.2, -0.15) is 10.2 Å². The molecule has 0 bridgehead atoms. The molecule has 0 aliphatic rings. The summed E-state index contributed by atoms with van der Waals surface area (Å²) in [5, 5.41) is 55.2. The fourth-order valence-corrected chi connectivity index (χ4v) is 8.65. The number of methoxy groups -OCH3 is 2. The van der Waals surface area contributed by atoms with Crippen molar-refractivity contribution in [3.05, 3.63) is 203 Å². The average Bonchev–Trinajstić information content (AvgIpc) is 3.47. The van der Waals surface area contributed by atoms with E-state index in [1.807, 2.05) is 26.0 Å². The van der Waals surface area contributed by atoms with Crippen LogP contribution in [-0.2, 0) is 12.8 Å². The number of anilines is 4. The van der Waals surface area contributed by atoms with Crippen LogP contribution in [0.15, 0.2) is 190 Å². The maximum atomic E-state index is 14.4. The molecule has 9 aromatic rings. The Balaban J connectivity index is 0.977. The van der Waals surface area contributed by atoms with Crippen LogP contribution in [0.2, 0.25) is 0 Å². The predicted octanol–water partition coefficient (Wildman–Crippen LogP) is 14.4. The molecule has 0 unspecified atom stereocenters. The highest BCUT2D eigenvalue weighted by molar-refractivity contribution is 6.14. The lowest BCUT2D eigenvalue weighted by Crippen LogP contribution is -2.17. The molecule has 0 spiro atoms. The smallest absolute Gasteiger partial charge is 0.259 e. The Morgan fingerprint density at radius 1 is 0.421 bits per heavy atom. The van der Waals surface area contributed by atoms with Crippen LogP contribution in [0.4, 0.5) is 45.5 Å². The fourth-order valence-electron chi connectivity index (χ4n) is 8.65. The van der Waals surface area contributed by atoms with Crippen LogP contribution < -0.4 is 30.7 Å². The maximum Gasteiger partial charge on any atom is 0.259 e. The van der Waals surface area contributed by atoms with Gasteiger partial charge < -0.3 is 41.0 Å². The standard InChI is InChI=1S/C60H50N8O8/c1-5-35-29-43(63-59(73)48-31-37-17-13-15-23-44(37)53(55(48)69)67-65-41-25-27-50(75-3)46(33-41)57(71)61-39-19-9-7-10-20-39)30-36(6-2)52(35)64-60(74)49-32-38-18-14-16-24-45(38)54(56(49)70)68-66-42-26-28-51(76-4)47(34-42)58(72)62-40-21-11-8-12-22-40/h7-34,69-70H,5-6H2,1-4H3,(H,61,71)(H,62,72)(H,63,73)(H,64,74). The molecule has 16 heteroatoms. The molecule has 0 heterocycles. The van der Waals surface area contributed by atoms with E-state index in [2.05, 4.69) is 41.7 Å². The Morgan fingerprint density at radius 3 is 1.22 bits per heavy atom. The van der Waals surface area contributed by atoms with Crippen LogP contribution >= 0.6 is 0 Å². The second-order valence-corrected chi connectivity index (χ2v) is 17.3. The van der Waals surface area contributed by atoms with Gasteiger partial charge in [-0.1, -0.05) is 98.8 Å². The van der Waals surface area contributed by atoms with Crippen LogP contribution in [0.5, 0.6) is 23.0 Å². The number of fused-ring (bicyclic) bond motifs is 2. The van der Waals surface area contributed by atoms with E-state index in [-0.39, 0.29) is 45.0 Å². The van der Waals surface area contributed by atoms with Crippen LogP contribution in [0.1, 0.15) is 66.4 Å². The first-order chi connectivity index (χ1) is 37.0. The molecule has 0 aliphatic heterocycles. The molecule has 0 radical (unpaired) electrons. The first kappa shape index (κ1) is 50.7. The van der Waals surface area contributed by atoms with Gasteiger partial charge in [-0.05, 0) is 120 Å². The molecule has 0 saturated carbocycles. The average molecular weight is 1010 g/mol. The van der Waals surface area contributed by atoms with Gasteiger partial charge in [-0.25, -0.2) is 0 Å². The molecule has 6 N–H and O–H groups in total. The van der Waals surface area contributed by atoms with Crippen molar-refractivity contribution in [3.63, 3.8) is 0 Å². The Hall–Kier alpha value is -10.2. The number of benzene rings is 9. The van der Waals surface area contributed by atoms with Crippen LogP contribution in [0.25, 0.3) is 21.5 Å². The first-order valence-corrected chi connectivity index (χ1v) is 24.2. The van der Waals surface area contributed by atoms with Crippen LogP contribution in [0, 0.1) is 0 Å². The van der Waals surface area contributed by atoms with Crippen LogP contribution in [0.3, 0.4) is 0 Å². The van der Waals surface area contributed by atoms with Crippen molar-refractivity contribution in [3.8, 4) is 23.0 Å². The van der Waals surface area contributed by atoms with Gasteiger partial charge in [0.05, 0.1) is 47.8 Å². The quantitative estimate of drug-likeness (QED) is 0.0509. The monoisotopic (exact) mass is 1010 g/mol. The Kier molecular flexibility index (Phi) is 15.1. The SMILES string of the molecule is CCc1cc(NC(=O)c2cc3ccccc3c(N=Nc3ccc(OC)c(C(=O)Nc4ccccc4)c3)c2O)cc(CC)c1NC(=O)c1cc2ccccc2c(N=Nc2ccc(OC)c(C(=O)Nc3ccccc3)c2)c1O. The zero-order valence-corrected chi connectivity index (χ0v) is 41.7. The molecule has 0 fully saturated rings. The lowest BCUT2D eigenvalue weighted by molar-refractivity contribution is 0.101. The third-order valence-electron chi connectivity index (χ3n) is 12.5. The minimum Gasteiger partial charge on any atom is -0.505 e. The summed E-state index contributed by atoms with van der Waals surface area (Å²) in [4.78, 5) is 55.2. The molecular formula is C60H50N8O8. The van der Waals surface area contributed by atoms with Gasteiger partial charge in [0.15, 0.2) is 11.5 Å². The lowest BCUT2D eigenvalue weighted by Gasteiger charge is -2.18. The van der Waals surface area contributed by atoms with Crippen molar-refractivity contribution in [1.82, 2.24) is 0 Å². The number of ether oxygens (including phenoxy) is 2. The van der Waals surface area contributed by atoms with E-state index in [9.17, 15) is 29.4 Å². The van der Waals surface area contributed by atoms with Gasteiger partial charge in [0.1, 0.15) is 22.9 Å². The van der Waals surface area contributed by atoms with E-state index in [0.29, 0.717) is 79.8 Å². The van der Waals surface area contributed by atoms with Gasteiger partial charge in [0.25, 0.3) is 23.6 Å². The van der Waals surface area contributed by atoms with E-state index in [4.69, 9.17) is 9.47 Å². The number of phenols is 2. The Bertz CT molecular complexity index is 3750. The van der Waals surface area contributed by atoms with Crippen molar-refractivity contribution in [2.45, 2.75) is 26.7 Å². The van der Waals surface area contributed by atoms with E-state index < -0.39 is 35.1 Å². The second kappa shape index (κ2) is 22.7. The number of carbonyl (C=O) groups is 4. The van der Waals surface area contributed by atoms with Crippen molar-refractivity contribution >= 4 is 90.7 Å². The summed E-state index contributed by atoms with van der Waals surface area (Å²) in [5.74, 6) is -2.28. The third-order valence-corrected chi connectivity index (χ3v) is 12.5. The number of azo groups is 2. The Morgan fingerprint density at radius 2 is 0.803 bits per heavy atom. The molecule has 378 valence electrons. The second-order valence-electron chi connectivity index (χ2n) is 17.3. The van der Waals surface area contributed by atoms with Crippen LogP contribution in [-0.4, -0.2) is 48.1 Å². The largest absolute Gasteiger partial charge is 0.505 e. The number of nitrogens with one attached hydrogen (secondary N) is 4. The molecule has 9 rings (SSSR count). The number of para-hydroxylation sites is 2. The number of rotatable bonds is 16. The number of aromatic hydroxyl groups is 2. The van der Waals surface area contributed by atoms with Gasteiger partial charge in [0.2, 0.25) is 0 Å². The molecule has 16 nitrogen and oxygen atoms in total. The number of hydrogen-bond acceptors (Lipinski definition) is 12. The van der Waals surface area contributed by atoms with Gasteiger partial charge in [-0.15, -0.1) is 10.2 Å². The maximum absolute atomic E-state index is 14.4.